The maximum absolute atomic E-state index is 13.2. The monoisotopic (exact) mass is 278 g/mol. The van der Waals surface area contributed by atoms with Crippen molar-refractivity contribution in [3.05, 3.63) is 45.7 Å². The third-order valence-corrected chi connectivity index (χ3v) is 3.55. The molecule has 100 valence electrons. The summed E-state index contributed by atoms with van der Waals surface area (Å²) in [5, 5.41) is 10.5. The van der Waals surface area contributed by atoms with E-state index in [0.717, 1.165) is 16.4 Å². The number of amidine groups is 1. The van der Waals surface area contributed by atoms with Gasteiger partial charge in [0.15, 0.2) is 0 Å². The molecule has 0 aliphatic heterocycles. The minimum Gasteiger partial charge on any atom is -0.384 e. The summed E-state index contributed by atoms with van der Waals surface area (Å²) in [6.07, 6.45) is 0. The van der Waals surface area contributed by atoms with Crippen LogP contribution in [0.2, 0.25) is 0 Å². The molecule has 0 aliphatic rings. The molecule has 0 amide bonds. The Hall–Kier alpha value is -1.95. The molecule has 1 heterocycles. The van der Waals surface area contributed by atoms with Crippen LogP contribution in [-0.2, 0) is 6.54 Å². The minimum atomic E-state index is -0.396. The number of rotatable bonds is 4. The first-order chi connectivity index (χ1) is 8.97. The van der Waals surface area contributed by atoms with Gasteiger partial charge in [0.05, 0.1) is 17.2 Å². The van der Waals surface area contributed by atoms with Gasteiger partial charge in [-0.25, -0.2) is 9.37 Å². The van der Waals surface area contributed by atoms with Crippen molar-refractivity contribution in [1.29, 1.82) is 5.41 Å². The van der Waals surface area contributed by atoms with Crippen LogP contribution in [0.1, 0.15) is 16.3 Å². The average Bonchev–Trinajstić information content (AvgIpc) is 2.74. The van der Waals surface area contributed by atoms with E-state index < -0.39 is 5.82 Å². The molecule has 0 fully saturated rings. The second-order valence-corrected chi connectivity index (χ2v) is 5.35. The van der Waals surface area contributed by atoms with E-state index >= 15 is 0 Å². The molecule has 0 saturated carbocycles. The highest BCUT2D eigenvalue weighted by Crippen LogP contribution is 2.22. The van der Waals surface area contributed by atoms with Crippen molar-refractivity contribution >= 4 is 22.9 Å². The molecule has 0 bridgehead atoms. The van der Waals surface area contributed by atoms with Crippen LogP contribution in [0.4, 0.5) is 10.1 Å². The van der Waals surface area contributed by atoms with Gasteiger partial charge in [0.25, 0.3) is 0 Å². The lowest BCUT2D eigenvalue weighted by Crippen LogP contribution is -2.22. The Morgan fingerprint density at radius 1 is 1.53 bits per heavy atom. The van der Waals surface area contributed by atoms with E-state index in [9.17, 15) is 4.39 Å². The van der Waals surface area contributed by atoms with Crippen molar-refractivity contribution in [2.45, 2.75) is 13.5 Å². The van der Waals surface area contributed by atoms with E-state index in [-0.39, 0.29) is 5.84 Å². The quantitative estimate of drug-likeness (QED) is 0.667. The van der Waals surface area contributed by atoms with Crippen LogP contribution in [0.25, 0.3) is 0 Å². The molecule has 0 spiro atoms. The Balaban J connectivity index is 2.28. The van der Waals surface area contributed by atoms with Gasteiger partial charge in [0.1, 0.15) is 11.7 Å². The van der Waals surface area contributed by atoms with E-state index in [2.05, 4.69) is 4.98 Å². The Kier molecular flexibility index (Phi) is 3.80. The van der Waals surface area contributed by atoms with Gasteiger partial charge in [-0.1, -0.05) is 0 Å². The van der Waals surface area contributed by atoms with E-state index in [0.29, 0.717) is 12.1 Å². The molecule has 6 heteroatoms. The average molecular weight is 278 g/mol. The first-order valence-electron chi connectivity index (χ1n) is 5.73. The molecular weight excluding hydrogens is 263 g/mol. The topological polar surface area (TPSA) is 66.0 Å². The Morgan fingerprint density at radius 2 is 2.26 bits per heavy atom. The van der Waals surface area contributed by atoms with E-state index in [1.54, 1.807) is 17.4 Å². The molecule has 1 aromatic carbocycles. The van der Waals surface area contributed by atoms with Crippen molar-refractivity contribution < 1.29 is 4.39 Å². The number of nitrogen functional groups attached to an aromatic ring is 1. The van der Waals surface area contributed by atoms with Gasteiger partial charge < -0.3 is 10.6 Å². The summed E-state index contributed by atoms with van der Waals surface area (Å²) in [5.74, 6) is -0.539. The van der Waals surface area contributed by atoms with Crippen molar-refractivity contribution in [3.8, 4) is 0 Å². The highest BCUT2D eigenvalue weighted by Gasteiger charge is 2.12. The third-order valence-electron chi connectivity index (χ3n) is 2.73. The maximum Gasteiger partial charge on any atom is 0.125 e. The molecule has 2 rings (SSSR count). The van der Waals surface area contributed by atoms with Crippen LogP contribution >= 0.6 is 11.3 Å². The Morgan fingerprint density at radius 3 is 2.84 bits per heavy atom. The van der Waals surface area contributed by atoms with Crippen molar-refractivity contribution in [3.63, 3.8) is 0 Å². The van der Waals surface area contributed by atoms with Crippen LogP contribution in [-0.4, -0.2) is 17.9 Å². The number of aromatic nitrogens is 1. The molecule has 19 heavy (non-hydrogen) atoms. The van der Waals surface area contributed by atoms with Gasteiger partial charge in [-0.05, 0) is 25.1 Å². The summed E-state index contributed by atoms with van der Waals surface area (Å²) >= 11 is 1.59. The Labute approximate surface area is 115 Å². The van der Waals surface area contributed by atoms with Crippen molar-refractivity contribution in [2.75, 3.05) is 11.9 Å². The van der Waals surface area contributed by atoms with Gasteiger partial charge in [0, 0.05) is 23.7 Å². The summed E-state index contributed by atoms with van der Waals surface area (Å²) < 4.78 is 13.2. The van der Waals surface area contributed by atoms with E-state index in [1.165, 1.54) is 12.1 Å². The fourth-order valence-electron chi connectivity index (χ4n) is 1.87. The number of hydrogen-bond donors (Lipinski definition) is 2. The summed E-state index contributed by atoms with van der Waals surface area (Å²) in [7, 11) is 1.87. The number of halogens is 1. The van der Waals surface area contributed by atoms with Gasteiger partial charge >= 0.3 is 0 Å². The van der Waals surface area contributed by atoms with Crippen LogP contribution in [0.15, 0.2) is 23.6 Å². The molecule has 4 nitrogen and oxygen atoms in total. The number of hydrogen-bond acceptors (Lipinski definition) is 4. The first-order valence-corrected chi connectivity index (χ1v) is 6.61. The number of nitrogens with two attached hydrogens (primary N) is 1. The molecule has 3 N–H and O–H groups in total. The van der Waals surface area contributed by atoms with Crippen molar-refractivity contribution in [2.24, 2.45) is 5.73 Å². The van der Waals surface area contributed by atoms with E-state index in [1.807, 2.05) is 24.3 Å². The highest BCUT2D eigenvalue weighted by molar-refractivity contribution is 7.09. The molecule has 0 saturated heterocycles. The number of nitrogens with one attached hydrogen (secondary N) is 1. The van der Waals surface area contributed by atoms with Gasteiger partial charge in [-0.15, -0.1) is 11.3 Å². The fourth-order valence-corrected chi connectivity index (χ4v) is 2.47. The predicted octanol–water partition coefficient (Wildman–Crippen LogP) is 2.51. The zero-order valence-electron chi connectivity index (χ0n) is 10.8. The summed E-state index contributed by atoms with van der Waals surface area (Å²) in [5.41, 5.74) is 7.56. The number of nitrogens with zero attached hydrogens (tertiary/aromatic N) is 2. The van der Waals surface area contributed by atoms with E-state index in [4.69, 9.17) is 11.1 Å². The number of thiazole rings is 1. The molecule has 2 aromatic rings. The van der Waals surface area contributed by atoms with Crippen LogP contribution in [0.3, 0.4) is 0 Å². The number of aryl methyl sites for hydroxylation is 1. The first kappa shape index (κ1) is 13.5. The normalized spacial score (nSPS) is 10.5. The molecule has 0 unspecified atom stereocenters. The van der Waals surface area contributed by atoms with Gasteiger partial charge in [0.2, 0.25) is 0 Å². The summed E-state index contributed by atoms with van der Waals surface area (Å²) in [6.45, 7) is 2.54. The lowest BCUT2D eigenvalue weighted by Gasteiger charge is -2.21. The molecule has 0 atom stereocenters. The van der Waals surface area contributed by atoms with Crippen LogP contribution < -0.4 is 10.6 Å². The molecular formula is C13H15FN4S. The standard InChI is InChI=1S/C13H15FN4S/c1-8-17-10(7-19-8)6-18(2)12-4-3-9(14)5-11(12)13(15)16/h3-5,7H,6H2,1-2H3,(H3,15,16). The summed E-state index contributed by atoms with van der Waals surface area (Å²) in [4.78, 5) is 6.29. The lowest BCUT2D eigenvalue weighted by atomic mass is 10.1. The predicted molar refractivity (Wildman–Crippen MR) is 76.4 cm³/mol. The SMILES string of the molecule is Cc1nc(CN(C)c2ccc(F)cc2C(=N)N)cs1. The maximum atomic E-state index is 13.2. The van der Waals surface area contributed by atoms with Gasteiger partial charge in [-0.2, -0.15) is 0 Å². The second kappa shape index (κ2) is 5.36. The van der Waals surface area contributed by atoms with Gasteiger partial charge in [-0.3, -0.25) is 5.41 Å². The third kappa shape index (κ3) is 3.08. The molecule has 0 aliphatic carbocycles. The molecule has 0 radical (unpaired) electrons. The second-order valence-electron chi connectivity index (χ2n) is 4.29. The number of benzene rings is 1. The Bertz CT molecular complexity index is 608. The van der Waals surface area contributed by atoms with Crippen molar-refractivity contribution in [1.82, 2.24) is 4.98 Å². The highest BCUT2D eigenvalue weighted by atomic mass is 32.1. The smallest absolute Gasteiger partial charge is 0.125 e. The van der Waals surface area contributed by atoms with Crippen LogP contribution in [0.5, 0.6) is 0 Å². The fraction of sp³-hybridized carbons (Fsp3) is 0.231. The number of anilines is 1. The zero-order valence-corrected chi connectivity index (χ0v) is 11.6. The molecule has 1 aromatic heterocycles. The van der Waals surface area contributed by atoms with Crippen LogP contribution in [0, 0.1) is 18.2 Å². The summed E-state index contributed by atoms with van der Waals surface area (Å²) in [6, 6.07) is 4.27. The largest absolute Gasteiger partial charge is 0.384 e. The minimum absolute atomic E-state index is 0.143. The zero-order chi connectivity index (χ0) is 14.0. The lowest BCUT2D eigenvalue weighted by molar-refractivity contribution is 0.627.